The predicted octanol–water partition coefficient (Wildman–Crippen LogP) is 2.94. The van der Waals surface area contributed by atoms with Gasteiger partial charge < -0.3 is 0 Å². The Morgan fingerprint density at radius 3 is 2.67 bits per heavy atom. The van der Waals surface area contributed by atoms with Crippen molar-refractivity contribution < 1.29 is 0 Å². The number of rotatable bonds is 4. The van der Waals surface area contributed by atoms with Gasteiger partial charge in [0, 0.05) is 12.4 Å². The van der Waals surface area contributed by atoms with Crippen LogP contribution in [0.15, 0.2) is 24.5 Å². The van der Waals surface area contributed by atoms with Crippen molar-refractivity contribution in [3.05, 3.63) is 30.1 Å². The van der Waals surface area contributed by atoms with Gasteiger partial charge in [-0.3, -0.25) is 4.98 Å². The van der Waals surface area contributed by atoms with Gasteiger partial charge in [0.25, 0.3) is 0 Å². The van der Waals surface area contributed by atoms with Crippen LogP contribution in [0.1, 0.15) is 24.8 Å². The van der Waals surface area contributed by atoms with E-state index in [0.29, 0.717) is 5.92 Å². The monoisotopic (exact) mass is 181 g/mol. The van der Waals surface area contributed by atoms with Crippen LogP contribution in [0.3, 0.4) is 0 Å². The van der Waals surface area contributed by atoms with Crippen LogP contribution in [0.5, 0.6) is 0 Å². The molecule has 12 heavy (non-hydrogen) atoms. The standard InChI is InChI=1S/C10H15NS/c1-9(5-8-12-2)10-3-6-11-7-4-10/h3-4,6-7,9H,5,8H2,1-2H3. The summed E-state index contributed by atoms with van der Waals surface area (Å²) in [6.07, 6.45) is 7.14. The highest BCUT2D eigenvalue weighted by atomic mass is 32.2. The first-order chi connectivity index (χ1) is 5.84. The van der Waals surface area contributed by atoms with Gasteiger partial charge in [-0.2, -0.15) is 11.8 Å². The quantitative estimate of drug-likeness (QED) is 0.708. The molecule has 0 amide bonds. The third-order valence-electron chi connectivity index (χ3n) is 2.03. The van der Waals surface area contributed by atoms with Crippen LogP contribution >= 0.6 is 11.8 Å². The molecule has 0 aliphatic heterocycles. The van der Waals surface area contributed by atoms with Gasteiger partial charge in [0.2, 0.25) is 0 Å². The predicted molar refractivity (Wildman–Crippen MR) is 55.7 cm³/mol. The van der Waals surface area contributed by atoms with E-state index in [1.165, 1.54) is 17.7 Å². The third-order valence-corrected chi connectivity index (χ3v) is 2.67. The molecule has 0 bridgehead atoms. The van der Waals surface area contributed by atoms with Crippen LogP contribution < -0.4 is 0 Å². The van der Waals surface area contributed by atoms with E-state index in [0.717, 1.165) is 0 Å². The fourth-order valence-corrected chi connectivity index (χ4v) is 1.74. The maximum absolute atomic E-state index is 4.00. The van der Waals surface area contributed by atoms with Crippen molar-refractivity contribution in [3.63, 3.8) is 0 Å². The van der Waals surface area contributed by atoms with Crippen LogP contribution in [0.25, 0.3) is 0 Å². The second-order valence-electron chi connectivity index (χ2n) is 2.96. The molecule has 0 N–H and O–H groups in total. The summed E-state index contributed by atoms with van der Waals surface area (Å²) in [5.74, 6) is 1.91. The van der Waals surface area contributed by atoms with Crippen molar-refractivity contribution in [3.8, 4) is 0 Å². The molecule has 1 atom stereocenters. The molecule has 1 aromatic rings. The first kappa shape index (κ1) is 9.59. The summed E-state index contributed by atoms with van der Waals surface area (Å²) in [6.45, 7) is 2.27. The summed E-state index contributed by atoms with van der Waals surface area (Å²) in [7, 11) is 0. The second kappa shape index (κ2) is 5.20. The van der Waals surface area contributed by atoms with Crippen molar-refractivity contribution in [2.75, 3.05) is 12.0 Å². The fraction of sp³-hybridized carbons (Fsp3) is 0.500. The lowest BCUT2D eigenvalue weighted by molar-refractivity contribution is 0.740. The van der Waals surface area contributed by atoms with Crippen molar-refractivity contribution in [1.29, 1.82) is 0 Å². The summed E-state index contributed by atoms with van der Waals surface area (Å²) in [5.41, 5.74) is 1.40. The Hall–Kier alpha value is -0.500. The Kier molecular flexibility index (Phi) is 4.15. The molecule has 66 valence electrons. The zero-order valence-electron chi connectivity index (χ0n) is 7.66. The van der Waals surface area contributed by atoms with Gasteiger partial charge >= 0.3 is 0 Å². The highest BCUT2D eigenvalue weighted by Crippen LogP contribution is 2.19. The molecule has 0 aliphatic rings. The van der Waals surface area contributed by atoms with Gasteiger partial charge in [-0.25, -0.2) is 0 Å². The molecular weight excluding hydrogens is 166 g/mol. The number of aromatic nitrogens is 1. The van der Waals surface area contributed by atoms with Gasteiger partial charge in [0.1, 0.15) is 0 Å². The minimum Gasteiger partial charge on any atom is -0.265 e. The number of pyridine rings is 1. The largest absolute Gasteiger partial charge is 0.265 e. The maximum Gasteiger partial charge on any atom is 0.0270 e. The molecule has 0 spiro atoms. The maximum atomic E-state index is 4.00. The average Bonchev–Trinajstić information content (AvgIpc) is 2.15. The van der Waals surface area contributed by atoms with E-state index in [2.05, 4.69) is 30.3 Å². The van der Waals surface area contributed by atoms with Gasteiger partial charge in [0.05, 0.1) is 0 Å². The summed E-state index contributed by atoms with van der Waals surface area (Å²) < 4.78 is 0. The van der Waals surface area contributed by atoms with Crippen LogP contribution in [0.4, 0.5) is 0 Å². The first-order valence-electron chi connectivity index (χ1n) is 4.23. The number of hydrogen-bond acceptors (Lipinski definition) is 2. The summed E-state index contributed by atoms with van der Waals surface area (Å²) in [6, 6.07) is 4.20. The SMILES string of the molecule is CSCCC(C)c1ccncc1. The average molecular weight is 181 g/mol. The molecule has 0 radical (unpaired) electrons. The Balaban J connectivity index is 2.48. The van der Waals surface area contributed by atoms with Crippen LogP contribution in [0, 0.1) is 0 Å². The minimum atomic E-state index is 0.667. The molecule has 1 heterocycles. The normalized spacial score (nSPS) is 12.8. The minimum absolute atomic E-state index is 0.667. The Bertz CT molecular complexity index is 210. The molecule has 1 rings (SSSR count). The lowest BCUT2D eigenvalue weighted by Gasteiger charge is -2.09. The summed E-state index contributed by atoms with van der Waals surface area (Å²) >= 11 is 1.91. The van der Waals surface area contributed by atoms with Crippen molar-refractivity contribution in [2.45, 2.75) is 19.3 Å². The van der Waals surface area contributed by atoms with E-state index in [9.17, 15) is 0 Å². The first-order valence-corrected chi connectivity index (χ1v) is 5.63. The lowest BCUT2D eigenvalue weighted by Crippen LogP contribution is -1.94. The van der Waals surface area contributed by atoms with E-state index < -0.39 is 0 Å². The molecule has 1 unspecified atom stereocenters. The second-order valence-corrected chi connectivity index (χ2v) is 3.95. The van der Waals surface area contributed by atoms with E-state index in [1.54, 1.807) is 0 Å². The molecule has 0 aliphatic carbocycles. The fourth-order valence-electron chi connectivity index (χ4n) is 1.15. The lowest BCUT2D eigenvalue weighted by atomic mass is 10.0. The third kappa shape index (κ3) is 2.86. The van der Waals surface area contributed by atoms with Crippen LogP contribution in [0.2, 0.25) is 0 Å². The van der Waals surface area contributed by atoms with E-state index in [4.69, 9.17) is 0 Å². The number of nitrogens with zero attached hydrogens (tertiary/aromatic N) is 1. The van der Waals surface area contributed by atoms with E-state index in [-0.39, 0.29) is 0 Å². The zero-order chi connectivity index (χ0) is 8.81. The topological polar surface area (TPSA) is 12.9 Å². The van der Waals surface area contributed by atoms with Crippen molar-refractivity contribution in [2.24, 2.45) is 0 Å². The van der Waals surface area contributed by atoms with Crippen molar-refractivity contribution >= 4 is 11.8 Å². The molecule has 0 saturated carbocycles. The van der Waals surface area contributed by atoms with Gasteiger partial charge in [-0.05, 0) is 42.0 Å². The van der Waals surface area contributed by atoms with Gasteiger partial charge in [-0.15, -0.1) is 0 Å². The summed E-state index contributed by atoms with van der Waals surface area (Å²) in [4.78, 5) is 4.00. The van der Waals surface area contributed by atoms with Crippen molar-refractivity contribution in [1.82, 2.24) is 4.98 Å². The van der Waals surface area contributed by atoms with Gasteiger partial charge in [0.15, 0.2) is 0 Å². The Morgan fingerprint density at radius 2 is 2.08 bits per heavy atom. The molecule has 0 aromatic carbocycles. The number of thioether (sulfide) groups is 1. The van der Waals surface area contributed by atoms with Gasteiger partial charge in [-0.1, -0.05) is 6.92 Å². The highest BCUT2D eigenvalue weighted by Gasteiger charge is 2.02. The van der Waals surface area contributed by atoms with Crippen LogP contribution in [-0.2, 0) is 0 Å². The molecule has 1 nitrogen and oxygen atoms in total. The molecule has 2 heteroatoms. The molecule has 0 saturated heterocycles. The highest BCUT2D eigenvalue weighted by molar-refractivity contribution is 7.98. The van der Waals surface area contributed by atoms with Crippen LogP contribution in [-0.4, -0.2) is 17.0 Å². The van der Waals surface area contributed by atoms with E-state index >= 15 is 0 Å². The molecule has 1 aromatic heterocycles. The Morgan fingerprint density at radius 1 is 1.42 bits per heavy atom. The zero-order valence-corrected chi connectivity index (χ0v) is 8.47. The van der Waals surface area contributed by atoms with E-state index in [1.807, 2.05) is 24.2 Å². The Labute approximate surface area is 78.6 Å². The number of hydrogen-bond donors (Lipinski definition) is 0. The molecular formula is C10H15NS. The smallest absolute Gasteiger partial charge is 0.0270 e. The molecule has 0 fully saturated rings. The summed E-state index contributed by atoms with van der Waals surface area (Å²) in [5, 5.41) is 0.